The van der Waals surface area contributed by atoms with Gasteiger partial charge in [0.05, 0.1) is 17.4 Å². The Bertz CT molecular complexity index is 1550. The predicted octanol–water partition coefficient (Wildman–Crippen LogP) is -0.229. The van der Waals surface area contributed by atoms with E-state index in [1.54, 1.807) is 35.7 Å². The number of hydrogen-bond donors (Lipinski definition) is 0. The molecule has 144 valence electrons. The molecule has 10 heteroatoms. The van der Waals surface area contributed by atoms with E-state index in [0.29, 0.717) is 47.6 Å². The standard InChI is InChI=1S/C19H15N7O3/c1-23-16(27)11-5-2-3-6-14(11)26-15(21-22-18(23)26)10-25-17(28)12(9-20)13-7-4-8-24(13)19(25)29/h2-3,5-6H,4,7-8,10H2,1H3. The van der Waals surface area contributed by atoms with Gasteiger partial charge in [-0.3, -0.25) is 27.7 Å². The van der Waals surface area contributed by atoms with E-state index in [4.69, 9.17) is 0 Å². The first-order valence-electron chi connectivity index (χ1n) is 9.11. The molecule has 3 aromatic heterocycles. The molecule has 1 aromatic carbocycles. The maximum absolute atomic E-state index is 12.9. The smallest absolute Gasteiger partial charge is 0.296 e. The predicted molar refractivity (Wildman–Crippen MR) is 103 cm³/mol. The number of aryl methyl sites for hydroxylation is 1. The van der Waals surface area contributed by atoms with Crippen molar-refractivity contribution in [3.8, 4) is 6.07 Å². The van der Waals surface area contributed by atoms with Gasteiger partial charge in [-0.15, -0.1) is 10.2 Å². The molecule has 1 aliphatic heterocycles. The Kier molecular flexibility index (Phi) is 3.54. The van der Waals surface area contributed by atoms with Crippen molar-refractivity contribution in [2.24, 2.45) is 7.05 Å². The van der Waals surface area contributed by atoms with E-state index < -0.39 is 11.2 Å². The Hall–Kier alpha value is -4.00. The topological polar surface area (TPSA) is 120 Å². The van der Waals surface area contributed by atoms with Crippen LogP contribution < -0.4 is 16.8 Å². The number of benzene rings is 1. The summed E-state index contributed by atoms with van der Waals surface area (Å²) >= 11 is 0. The Morgan fingerprint density at radius 1 is 1.14 bits per heavy atom. The van der Waals surface area contributed by atoms with Crippen LogP contribution in [0.15, 0.2) is 38.6 Å². The van der Waals surface area contributed by atoms with Gasteiger partial charge in [0.25, 0.3) is 11.1 Å². The SMILES string of the molecule is Cn1c(=O)c2ccccc2n2c(Cn3c(=O)c(C#N)c4n(c3=O)CCC4)nnc12. The minimum Gasteiger partial charge on any atom is -0.296 e. The fourth-order valence-corrected chi connectivity index (χ4v) is 4.02. The van der Waals surface area contributed by atoms with Crippen molar-refractivity contribution in [3.63, 3.8) is 0 Å². The van der Waals surface area contributed by atoms with Crippen molar-refractivity contribution in [2.75, 3.05) is 0 Å². The molecular weight excluding hydrogens is 374 g/mol. The molecule has 29 heavy (non-hydrogen) atoms. The Morgan fingerprint density at radius 3 is 2.72 bits per heavy atom. The van der Waals surface area contributed by atoms with Gasteiger partial charge < -0.3 is 0 Å². The lowest BCUT2D eigenvalue weighted by atomic mass is 10.2. The molecule has 0 N–H and O–H groups in total. The van der Waals surface area contributed by atoms with Gasteiger partial charge in [0.1, 0.15) is 11.6 Å². The third-order valence-corrected chi connectivity index (χ3v) is 5.43. The first-order chi connectivity index (χ1) is 14.0. The zero-order valence-corrected chi connectivity index (χ0v) is 15.5. The quantitative estimate of drug-likeness (QED) is 0.467. The molecule has 0 radical (unpaired) electrons. The summed E-state index contributed by atoms with van der Waals surface area (Å²) in [7, 11) is 1.59. The van der Waals surface area contributed by atoms with Crippen LogP contribution in [-0.4, -0.2) is 28.3 Å². The minimum atomic E-state index is -0.628. The van der Waals surface area contributed by atoms with Crippen LogP contribution in [0.2, 0.25) is 0 Å². The van der Waals surface area contributed by atoms with Gasteiger partial charge in [-0.05, 0) is 25.0 Å². The lowest BCUT2D eigenvalue weighted by Gasteiger charge is -2.11. The van der Waals surface area contributed by atoms with Gasteiger partial charge in [0.2, 0.25) is 5.78 Å². The first kappa shape index (κ1) is 17.1. The summed E-state index contributed by atoms with van der Waals surface area (Å²) in [6.45, 7) is 0.317. The Labute approximate surface area is 162 Å². The van der Waals surface area contributed by atoms with Crippen LogP contribution in [0.25, 0.3) is 16.7 Å². The highest BCUT2D eigenvalue weighted by atomic mass is 16.2. The molecule has 4 heterocycles. The maximum atomic E-state index is 12.9. The molecule has 10 nitrogen and oxygen atoms in total. The third kappa shape index (κ3) is 2.24. The molecule has 0 atom stereocenters. The second-order valence-corrected chi connectivity index (χ2v) is 7.00. The van der Waals surface area contributed by atoms with E-state index >= 15 is 0 Å². The van der Waals surface area contributed by atoms with E-state index in [-0.39, 0.29) is 17.7 Å². The summed E-state index contributed by atoms with van der Waals surface area (Å²) < 4.78 is 5.53. The van der Waals surface area contributed by atoms with Gasteiger partial charge in [0, 0.05) is 19.3 Å². The van der Waals surface area contributed by atoms with Crippen molar-refractivity contribution < 1.29 is 0 Å². The van der Waals surface area contributed by atoms with Crippen molar-refractivity contribution in [2.45, 2.75) is 25.9 Å². The van der Waals surface area contributed by atoms with Gasteiger partial charge in [-0.2, -0.15) is 5.26 Å². The highest BCUT2D eigenvalue weighted by Crippen LogP contribution is 2.16. The number of fused-ring (bicyclic) bond motifs is 4. The van der Waals surface area contributed by atoms with E-state index in [0.717, 1.165) is 4.57 Å². The summed E-state index contributed by atoms with van der Waals surface area (Å²) in [5.41, 5.74) is -0.233. The lowest BCUT2D eigenvalue weighted by Crippen LogP contribution is -2.42. The lowest BCUT2D eigenvalue weighted by molar-refractivity contribution is 0.587. The molecule has 0 bridgehead atoms. The average Bonchev–Trinajstić information content (AvgIpc) is 3.37. The van der Waals surface area contributed by atoms with E-state index in [1.165, 1.54) is 9.13 Å². The zero-order valence-electron chi connectivity index (χ0n) is 15.5. The number of nitrogens with zero attached hydrogens (tertiary/aromatic N) is 7. The third-order valence-electron chi connectivity index (χ3n) is 5.43. The normalized spacial score (nSPS) is 13.1. The summed E-state index contributed by atoms with van der Waals surface area (Å²) in [5.74, 6) is 0.631. The van der Waals surface area contributed by atoms with Crippen molar-refractivity contribution in [1.82, 2.24) is 28.3 Å². The number of aromatic nitrogens is 6. The molecule has 0 fully saturated rings. The molecule has 0 aliphatic carbocycles. The first-order valence-corrected chi connectivity index (χ1v) is 9.11. The second kappa shape index (κ2) is 6.00. The summed E-state index contributed by atoms with van der Waals surface area (Å²) in [6, 6.07) is 8.95. The van der Waals surface area contributed by atoms with Crippen molar-refractivity contribution >= 4 is 16.7 Å². The molecule has 0 saturated heterocycles. The summed E-state index contributed by atoms with van der Waals surface area (Å²) in [6.07, 6.45) is 1.25. The van der Waals surface area contributed by atoms with Crippen LogP contribution in [0.4, 0.5) is 0 Å². The largest absolute Gasteiger partial charge is 0.331 e. The van der Waals surface area contributed by atoms with Gasteiger partial charge in [-0.1, -0.05) is 12.1 Å². The molecule has 5 rings (SSSR count). The Balaban J connectivity index is 1.81. The molecular formula is C19H15N7O3. The highest BCUT2D eigenvalue weighted by Gasteiger charge is 2.24. The van der Waals surface area contributed by atoms with Crippen molar-refractivity contribution in [1.29, 1.82) is 5.26 Å². The van der Waals surface area contributed by atoms with E-state index in [2.05, 4.69) is 10.2 Å². The van der Waals surface area contributed by atoms with E-state index in [9.17, 15) is 19.6 Å². The summed E-state index contributed by atoms with van der Waals surface area (Å²) in [4.78, 5) is 38.3. The molecule has 0 saturated carbocycles. The fraction of sp³-hybridized carbons (Fsp3) is 0.263. The van der Waals surface area contributed by atoms with E-state index in [1.807, 2.05) is 6.07 Å². The number of rotatable bonds is 2. The van der Waals surface area contributed by atoms with Crippen LogP contribution in [0, 0.1) is 11.3 Å². The second-order valence-electron chi connectivity index (χ2n) is 7.00. The number of nitriles is 1. The van der Waals surface area contributed by atoms with Crippen molar-refractivity contribution in [3.05, 3.63) is 72.5 Å². The van der Waals surface area contributed by atoms with Crippen LogP contribution >= 0.6 is 0 Å². The van der Waals surface area contributed by atoms with Crippen LogP contribution in [-0.2, 0) is 26.6 Å². The number of hydrogen-bond acceptors (Lipinski definition) is 6. The highest BCUT2D eigenvalue weighted by molar-refractivity contribution is 5.80. The molecule has 0 spiro atoms. The zero-order chi connectivity index (χ0) is 20.3. The monoisotopic (exact) mass is 389 g/mol. The minimum absolute atomic E-state index is 0.00632. The molecule has 0 unspecified atom stereocenters. The molecule has 0 amide bonds. The molecule has 4 aromatic rings. The fourth-order valence-electron chi connectivity index (χ4n) is 4.02. The van der Waals surface area contributed by atoms with Crippen LogP contribution in [0.1, 0.15) is 23.5 Å². The average molecular weight is 389 g/mol. The maximum Gasteiger partial charge on any atom is 0.331 e. The van der Waals surface area contributed by atoms with Crippen LogP contribution in [0.5, 0.6) is 0 Å². The van der Waals surface area contributed by atoms with Crippen LogP contribution in [0.3, 0.4) is 0 Å². The van der Waals surface area contributed by atoms with Gasteiger partial charge in [-0.25, -0.2) is 4.79 Å². The van der Waals surface area contributed by atoms with Gasteiger partial charge in [0.15, 0.2) is 5.82 Å². The summed E-state index contributed by atoms with van der Waals surface area (Å²) in [5, 5.41) is 18.1. The number of para-hydroxylation sites is 1. The molecule has 1 aliphatic rings. The Morgan fingerprint density at radius 2 is 1.93 bits per heavy atom. The van der Waals surface area contributed by atoms with Gasteiger partial charge >= 0.3 is 5.69 Å².